The third-order valence-electron chi connectivity index (χ3n) is 7.83. The summed E-state index contributed by atoms with van der Waals surface area (Å²) in [6.45, 7) is 1.71. The lowest BCUT2D eigenvalue weighted by atomic mass is 10.0. The summed E-state index contributed by atoms with van der Waals surface area (Å²) in [6, 6.07) is 20.6. The van der Waals surface area contributed by atoms with Crippen molar-refractivity contribution in [3.63, 3.8) is 0 Å². The quantitative estimate of drug-likeness (QED) is 0.296. The molecule has 13 nitrogen and oxygen atoms in total. The SMILES string of the molecule is O=C1N[C@@H](Cc2ccccc2)C(=O)NCCCN(C(=O)c2cccc(-n3cnnc3)c2)Cc2cn(nn2)CCCOc2ccc1cc2Cl. The fraction of sp³-hybridized carbons (Fsp3) is 0.265. The first-order chi connectivity index (χ1) is 23.4. The predicted molar refractivity (Wildman–Crippen MR) is 177 cm³/mol. The second-order valence-corrected chi connectivity index (χ2v) is 11.7. The number of nitrogens with one attached hydrogen (secondary N) is 2. The maximum atomic E-state index is 13.9. The molecule has 0 aliphatic carbocycles. The molecular weight excluding hydrogens is 634 g/mol. The Morgan fingerprint density at radius 3 is 2.60 bits per heavy atom. The molecule has 0 spiro atoms. The molecule has 0 saturated heterocycles. The minimum Gasteiger partial charge on any atom is -0.492 e. The molecule has 3 amide bonds. The van der Waals surface area contributed by atoms with Crippen LogP contribution < -0.4 is 15.4 Å². The van der Waals surface area contributed by atoms with Gasteiger partial charge < -0.3 is 20.3 Å². The van der Waals surface area contributed by atoms with Crippen LogP contribution in [0.15, 0.2) is 91.6 Å². The van der Waals surface area contributed by atoms with Crippen LogP contribution >= 0.6 is 11.6 Å². The van der Waals surface area contributed by atoms with E-state index in [9.17, 15) is 14.4 Å². The average molecular weight is 668 g/mol. The summed E-state index contributed by atoms with van der Waals surface area (Å²) >= 11 is 6.46. The number of hydrogen-bond donors (Lipinski definition) is 2. The highest BCUT2D eigenvalue weighted by molar-refractivity contribution is 6.32. The zero-order valence-corrected chi connectivity index (χ0v) is 26.8. The zero-order valence-electron chi connectivity index (χ0n) is 26.0. The second kappa shape index (κ2) is 15.4. The van der Waals surface area contributed by atoms with Gasteiger partial charge in [0.15, 0.2) is 0 Å². The highest BCUT2D eigenvalue weighted by Crippen LogP contribution is 2.26. The highest BCUT2D eigenvalue weighted by Gasteiger charge is 2.23. The van der Waals surface area contributed by atoms with Crippen LogP contribution in [-0.4, -0.2) is 78.1 Å². The smallest absolute Gasteiger partial charge is 0.254 e. The lowest BCUT2D eigenvalue weighted by Crippen LogP contribution is -2.48. The van der Waals surface area contributed by atoms with Gasteiger partial charge in [-0.15, -0.1) is 15.3 Å². The van der Waals surface area contributed by atoms with Gasteiger partial charge in [0.2, 0.25) is 5.91 Å². The molecule has 0 saturated carbocycles. The van der Waals surface area contributed by atoms with Gasteiger partial charge in [0.25, 0.3) is 11.8 Å². The van der Waals surface area contributed by atoms with Gasteiger partial charge in [-0.25, -0.2) is 0 Å². The Labute approximate surface area is 281 Å². The van der Waals surface area contributed by atoms with Crippen LogP contribution in [0.4, 0.5) is 0 Å². The van der Waals surface area contributed by atoms with E-state index in [1.165, 1.54) is 6.07 Å². The molecular formula is C34H34ClN9O4. The minimum atomic E-state index is -0.850. The van der Waals surface area contributed by atoms with Crippen LogP contribution in [0.25, 0.3) is 5.69 Å². The molecule has 2 aromatic heterocycles. The summed E-state index contributed by atoms with van der Waals surface area (Å²) in [5.41, 5.74) is 3.05. The Kier molecular flexibility index (Phi) is 10.4. The first-order valence-electron chi connectivity index (χ1n) is 15.6. The summed E-state index contributed by atoms with van der Waals surface area (Å²) in [5, 5.41) is 22.4. The van der Waals surface area contributed by atoms with Crippen molar-refractivity contribution in [2.24, 2.45) is 0 Å². The lowest BCUT2D eigenvalue weighted by Gasteiger charge is -2.23. The predicted octanol–water partition coefficient (Wildman–Crippen LogP) is 3.48. The third-order valence-corrected chi connectivity index (χ3v) is 8.12. The van der Waals surface area contributed by atoms with Crippen LogP contribution in [0.5, 0.6) is 5.75 Å². The molecule has 14 heteroatoms. The van der Waals surface area contributed by atoms with E-state index < -0.39 is 11.9 Å². The number of benzene rings is 3. The van der Waals surface area contributed by atoms with Crippen LogP contribution in [0.3, 0.4) is 0 Å². The summed E-state index contributed by atoms with van der Waals surface area (Å²) in [6.07, 6.45) is 6.30. The van der Waals surface area contributed by atoms with Gasteiger partial charge in [-0.2, -0.15) is 0 Å². The maximum absolute atomic E-state index is 13.9. The molecule has 0 radical (unpaired) electrons. The van der Waals surface area contributed by atoms with E-state index >= 15 is 0 Å². The number of fused-ring (bicyclic) bond motifs is 14. The van der Waals surface area contributed by atoms with E-state index in [0.717, 1.165) is 11.3 Å². The summed E-state index contributed by atoms with van der Waals surface area (Å²) in [5.74, 6) is -0.531. The molecule has 1 atom stereocenters. The molecule has 3 aromatic carbocycles. The van der Waals surface area contributed by atoms with E-state index in [2.05, 4.69) is 31.1 Å². The summed E-state index contributed by atoms with van der Waals surface area (Å²) in [7, 11) is 0. The number of aromatic nitrogens is 6. The Morgan fingerprint density at radius 2 is 1.79 bits per heavy atom. The zero-order chi connectivity index (χ0) is 33.3. The third kappa shape index (κ3) is 8.23. The number of nitrogens with zero attached hydrogens (tertiary/aromatic N) is 7. The van der Waals surface area contributed by atoms with Crippen LogP contribution in [0, 0.1) is 0 Å². The van der Waals surface area contributed by atoms with Crippen molar-refractivity contribution in [1.29, 1.82) is 0 Å². The van der Waals surface area contributed by atoms with Gasteiger partial charge in [0.1, 0.15) is 30.1 Å². The molecule has 2 aliphatic heterocycles. The molecule has 2 N–H and O–H groups in total. The van der Waals surface area contributed by atoms with Gasteiger partial charge >= 0.3 is 0 Å². The Hall–Kier alpha value is -5.56. The van der Waals surface area contributed by atoms with Gasteiger partial charge in [-0.1, -0.05) is 53.2 Å². The Balaban J connectivity index is 1.23. The molecule has 48 heavy (non-hydrogen) atoms. The van der Waals surface area contributed by atoms with Crippen molar-refractivity contribution in [3.05, 3.63) is 119 Å². The largest absolute Gasteiger partial charge is 0.492 e. The van der Waals surface area contributed by atoms with Crippen molar-refractivity contribution in [1.82, 2.24) is 45.3 Å². The first kappa shape index (κ1) is 32.4. The van der Waals surface area contributed by atoms with Crippen LogP contribution in [0.2, 0.25) is 5.02 Å². The number of ether oxygens (including phenoxy) is 1. The van der Waals surface area contributed by atoms with Gasteiger partial charge in [-0.05, 0) is 48.4 Å². The molecule has 2 aliphatic rings. The number of aryl methyl sites for hydroxylation is 1. The van der Waals surface area contributed by atoms with Gasteiger partial charge in [0, 0.05) is 49.3 Å². The monoisotopic (exact) mass is 667 g/mol. The maximum Gasteiger partial charge on any atom is 0.254 e. The number of rotatable bonds is 4. The van der Waals surface area contributed by atoms with E-state index in [1.807, 2.05) is 42.6 Å². The minimum absolute atomic E-state index is 0.201. The fourth-order valence-corrected chi connectivity index (χ4v) is 5.59. The van der Waals surface area contributed by atoms with E-state index in [4.69, 9.17) is 16.3 Å². The topological polar surface area (TPSA) is 149 Å². The Bertz CT molecular complexity index is 1860. The van der Waals surface area contributed by atoms with E-state index in [0.29, 0.717) is 55.1 Å². The molecule has 0 fully saturated rings. The number of amides is 3. The molecule has 4 heterocycles. The molecule has 5 aromatic rings. The van der Waals surface area contributed by atoms with Crippen molar-refractivity contribution in [2.45, 2.75) is 38.4 Å². The number of carbonyl (C=O) groups excluding carboxylic acids is 3. The highest BCUT2D eigenvalue weighted by atomic mass is 35.5. The molecule has 0 unspecified atom stereocenters. The van der Waals surface area contributed by atoms with Gasteiger partial charge in [-0.3, -0.25) is 23.6 Å². The van der Waals surface area contributed by atoms with Crippen LogP contribution in [0.1, 0.15) is 44.8 Å². The standard InChI is InChI=1S/C34H34ClN9O4/c35-29-19-25-11-12-31(29)48-16-6-15-44-21-27(40-41-44)20-42(34(47)26-9-4-10-28(18-26)43-22-37-38-23-43)14-5-13-36-33(46)30(39-32(25)45)17-24-7-2-1-3-8-24/h1-4,7-12,18-19,21-23,30H,5-6,13-17,20H2,(H,36,46)(H,39,45)/t30-/m0/s1. The van der Waals surface area contributed by atoms with Gasteiger partial charge in [0.05, 0.1) is 24.4 Å². The number of hydrogen-bond acceptors (Lipinski definition) is 8. The molecule has 246 valence electrons. The van der Waals surface area contributed by atoms with E-state index in [-0.39, 0.29) is 36.3 Å². The average Bonchev–Trinajstić information content (AvgIpc) is 3.81. The van der Waals surface area contributed by atoms with Crippen molar-refractivity contribution < 1.29 is 19.1 Å². The van der Waals surface area contributed by atoms with E-state index in [1.54, 1.807) is 57.1 Å². The Morgan fingerprint density at radius 1 is 0.958 bits per heavy atom. The van der Waals surface area contributed by atoms with Crippen molar-refractivity contribution >= 4 is 29.3 Å². The van der Waals surface area contributed by atoms with Crippen molar-refractivity contribution in [3.8, 4) is 11.4 Å². The fourth-order valence-electron chi connectivity index (χ4n) is 5.36. The number of carbonyl (C=O) groups is 3. The summed E-state index contributed by atoms with van der Waals surface area (Å²) < 4.78 is 9.30. The summed E-state index contributed by atoms with van der Waals surface area (Å²) in [4.78, 5) is 42.3. The molecule has 4 bridgehead atoms. The number of halogens is 1. The lowest BCUT2D eigenvalue weighted by molar-refractivity contribution is -0.122. The second-order valence-electron chi connectivity index (χ2n) is 11.3. The normalized spacial score (nSPS) is 16.4. The van der Waals surface area contributed by atoms with Crippen LogP contribution in [-0.2, 0) is 24.3 Å². The molecule has 7 rings (SSSR count). The first-order valence-corrected chi connectivity index (χ1v) is 16.0. The van der Waals surface area contributed by atoms with Crippen molar-refractivity contribution in [2.75, 3.05) is 19.7 Å².